The Kier molecular flexibility index (Phi) is 2.11. The monoisotopic (exact) mass is 210 g/mol. The third-order valence-corrected chi connectivity index (χ3v) is 2.76. The maximum absolute atomic E-state index is 10.9. The zero-order valence-corrected chi connectivity index (χ0v) is 8.52. The van der Waals surface area contributed by atoms with Gasteiger partial charge in [0.25, 0.3) is 0 Å². The number of H-pyrrole nitrogens is 1. The summed E-state index contributed by atoms with van der Waals surface area (Å²) in [5.41, 5.74) is 2.51. The number of carboxylic acid groups (broad SMARTS) is 1. The van der Waals surface area contributed by atoms with E-state index in [4.69, 9.17) is 17.3 Å². The number of fused-ring (bicyclic) bond motifs is 1. The number of aromatic nitrogens is 2. The molecule has 1 aliphatic carbocycles. The predicted molar refractivity (Wildman–Crippen MR) is 52.9 cm³/mol. The van der Waals surface area contributed by atoms with Gasteiger partial charge in [-0.25, -0.2) is 4.98 Å². The van der Waals surface area contributed by atoms with Gasteiger partial charge >= 0.3 is 5.97 Å². The summed E-state index contributed by atoms with van der Waals surface area (Å²) in [6.07, 6.45) is 1.34. The van der Waals surface area contributed by atoms with Crippen molar-refractivity contribution in [3.05, 3.63) is 21.7 Å². The molecule has 1 aromatic rings. The predicted octanol–water partition coefficient (Wildman–Crippen LogP) is 1.56. The van der Waals surface area contributed by atoms with Crippen LogP contribution in [0.15, 0.2) is 0 Å². The molecular formula is C9H10N2O2S. The van der Waals surface area contributed by atoms with Gasteiger partial charge in [0.15, 0.2) is 4.77 Å². The van der Waals surface area contributed by atoms with Crippen LogP contribution in [-0.4, -0.2) is 21.0 Å². The van der Waals surface area contributed by atoms with E-state index < -0.39 is 11.9 Å². The molecule has 0 saturated carbocycles. The molecule has 0 spiro atoms. The van der Waals surface area contributed by atoms with Crippen LogP contribution in [0.5, 0.6) is 0 Å². The van der Waals surface area contributed by atoms with Gasteiger partial charge in [0, 0.05) is 17.0 Å². The molecule has 1 unspecified atom stereocenters. The molecule has 14 heavy (non-hydrogen) atoms. The maximum atomic E-state index is 10.9. The highest BCUT2D eigenvalue weighted by Crippen LogP contribution is 2.33. The van der Waals surface area contributed by atoms with Crippen molar-refractivity contribution in [2.45, 2.75) is 25.7 Å². The van der Waals surface area contributed by atoms with Crippen molar-refractivity contribution in [1.82, 2.24) is 9.97 Å². The molecule has 1 atom stereocenters. The molecule has 1 heterocycles. The summed E-state index contributed by atoms with van der Waals surface area (Å²) in [4.78, 5) is 18.0. The zero-order chi connectivity index (χ0) is 10.3. The number of nitrogens with zero attached hydrogens (tertiary/aromatic N) is 1. The molecule has 0 saturated heterocycles. The zero-order valence-electron chi connectivity index (χ0n) is 7.70. The number of hydrogen-bond acceptors (Lipinski definition) is 3. The largest absolute Gasteiger partial charge is 0.481 e. The third-order valence-electron chi connectivity index (χ3n) is 2.56. The van der Waals surface area contributed by atoms with Crippen LogP contribution in [0.3, 0.4) is 0 Å². The van der Waals surface area contributed by atoms with E-state index in [1.807, 2.05) is 6.92 Å². The molecule has 2 N–H and O–H groups in total. The number of aromatic amines is 1. The van der Waals surface area contributed by atoms with Crippen LogP contribution in [0.1, 0.15) is 29.3 Å². The number of rotatable bonds is 1. The average molecular weight is 210 g/mol. The minimum atomic E-state index is -0.779. The van der Waals surface area contributed by atoms with Gasteiger partial charge < -0.3 is 10.1 Å². The molecule has 0 aromatic carbocycles. The van der Waals surface area contributed by atoms with Crippen LogP contribution in [0.25, 0.3) is 0 Å². The van der Waals surface area contributed by atoms with E-state index in [2.05, 4.69) is 9.97 Å². The standard InChI is InChI=1S/C9H10N2O2S/c1-4-7-5(8(12)13)2-3-6(7)11-9(14)10-4/h5H,2-3H2,1H3,(H,12,13)(H,10,11,14). The lowest BCUT2D eigenvalue weighted by molar-refractivity contribution is -0.138. The van der Waals surface area contributed by atoms with Gasteiger partial charge in [-0.1, -0.05) is 0 Å². The molecule has 4 nitrogen and oxygen atoms in total. The first-order valence-corrected chi connectivity index (χ1v) is 4.83. The van der Waals surface area contributed by atoms with Gasteiger partial charge in [0.1, 0.15) is 0 Å². The average Bonchev–Trinajstić information content (AvgIpc) is 2.47. The molecule has 0 aliphatic heterocycles. The highest BCUT2D eigenvalue weighted by Gasteiger charge is 2.31. The van der Waals surface area contributed by atoms with Crippen molar-refractivity contribution in [2.75, 3.05) is 0 Å². The number of nitrogens with one attached hydrogen (secondary N) is 1. The summed E-state index contributed by atoms with van der Waals surface area (Å²) < 4.78 is 0.437. The molecular weight excluding hydrogens is 200 g/mol. The summed E-state index contributed by atoms with van der Waals surface area (Å²) >= 11 is 4.93. The molecule has 0 radical (unpaired) electrons. The van der Waals surface area contributed by atoms with Crippen LogP contribution in [0.4, 0.5) is 0 Å². The molecule has 2 rings (SSSR count). The van der Waals surface area contributed by atoms with Gasteiger partial charge in [-0.2, -0.15) is 0 Å². The van der Waals surface area contributed by atoms with E-state index in [0.29, 0.717) is 17.6 Å². The fourth-order valence-electron chi connectivity index (χ4n) is 1.98. The minimum Gasteiger partial charge on any atom is -0.481 e. The molecule has 74 valence electrons. The lowest BCUT2D eigenvalue weighted by atomic mass is 10.0. The van der Waals surface area contributed by atoms with Crippen LogP contribution < -0.4 is 0 Å². The Balaban J connectivity index is 2.60. The molecule has 5 heteroatoms. The Morgan fingerprint density at radius 3 is 3.07 bits per heavy atom. The lowest BCUT2D eigenvalue weighted by Gasteiger charge is -2.08. The van der Waals surface area contributed by atoms with E-state index in [9.17, 15) is 4.79 Å². The van der Waals surface area contributed by atoms with Crippen LogP contribution >= 0.6 is 12.2 Å². The Hall–Kier alpha value is -1.23. The van der Waals surface area contributed by atoms with Crippen molar-refractivity contribution >= 4 is 18.2 Å². The van der Waals surface area contributed by atoms with E-state index in [1.54, 1.807) is 0 Å². The number of aliphatic carboxylic acids is 1. The van der Waals surface area contributed by atoms with Crippen molar-refractivity contribution in [1.29, 1.82) is 0 Å². The normalized spacial score (nSPS) is 19.4. The Morgan fingerprint density at radius 2 is 2.43 bits per heavy atom. The summed E-state index contributed by atoms with van der Waals surface area (Å²) in [6, 6.07) is 0. The first kappa shape index (κ1) is 9.33. The van der Waals surface area contributed by atoms with Crippen LogP contribution in [0.2, 0.25) is 0 Å². The fourth-order valence-corrected chi connectivity index (χ4v) is 2.24. The van der Waals surface area contributed by atoms with Crippen LogP contribution in [0, 0.1) is 11.7 Å². The number of aryl methyl sites for hydroxylation is 2. The van der Waals surface area contributed by atoms with Gasteiger partial charge in [-0.05, 0) is 32.0 Å². The second-order valence-electron chi connectivity index (χ2n) is 3.46. The fraction of sp³-hybridized carbons (Fsp3) is 0.444. The maximum Gasteiger partial charge on any atom is 0.311 e. The second kappa shape index (κ2) is 3.16. The Bertz CT molecular complexity index is 453. The lowest BCUT2D eigenvalue weighted by Crippen LogP contribution is -2.10. The first-order valence-electron chi connectivity index (χ1n) is 4.42. The van der Waals surface area contributed by atoms with Crippen molar-refractivity contribution in [3.8, 4) is 0 Å². The quantitative estimate of drug-likeness (QED) is 0.690. The second-order valence-corrected chi connectivity index (χ2v) is 3.84. The van der Waals surface area contributed by atoms with E-state index in [1.165, 1.54) is 0 Å². The molecule has 0 bridgehead atoms. The Labute approximate surface area is 86.0 Å². The van der Waals surface area contributed by atoms with E-state index >= 15 is 0 Å². The van der Waals surface area contributed by atoms with E-state index in [0.717, 1.165) is 17.0 Å². The summed E-state index contributed by atoms with van der Waals surface area (Å²) in [5, 5.41) is 8.99. The topological polar surface area (TPSA) is 66.0 Å². The molecule has 0 fully saturated rings. The number of hydrogen-bond donors (Lipinski definition) is 2. The van der Waals surface area contributed by atoms with Crippen LogP contribution in [-0.2, 0) is 11.2 Å². The summed E-state index contributed by atoms with van der Waals surface area (Å²) in [5.74, 6) is -1.19. The van der Waals surface area contributed by atoms with Gasteiger partial charge in [0.05, 0.1) is 5.92 Å². The van der Waals surface area contributed by atoms with Crippen molar-refractivity contribution in [2.24, 2.45) is 0 Å². The van der Waals surface area contributed by atoms with Gasteiger partial charge in [0.2, 0.25) is 0 Å². The highest BCUT2D eigenvalue weighted by atomic mass is 32.1. The summed E-state index contributed by atoms with van der Waals surface area (Å²) in [7, 11) is 0. The number of carboxylic acids is 1. The number of carbonyl (C=O) groups is 1. The SMILES string of the molecule is Cc1[nH]c(=S)nc2c1C(C(=O)O)CC2. The summed E-state index contributed by atoms with van der Waals surface area (Å²) in [6.45, 7) is 1.84. The van der Waals surface area contributed by atoms with E-state index in [-0.39, 0.29) is 0 Å². The third kappa shape index (κ3) is 1.33. The van der Waals surface area contributed by atoms with Crippen molar-refractivity contribution in [3.63, 3.8) is 0 Å². The molecule has 0 amide bonds. The van der Waals surface area contributed by atoms with Gasteiger partial charge in [-0.3, -0.25) is 4.79 Å². The highest BCUT2D eigenvalue weighted by molar-refractivity contribution is 7.71. The minimum absolute atomic E-state index is 0.413. The smallest absolute Gasteiger partial charge is 0.311 e. The van der Waals surface area contributed by atoms with Gasteiger partial charge in [-0.15, -0.1) is 0 Å². The van der Waals surface area contributed by atoms with Crippen molar-refractivity contribution < 1.29 is 9.90 Å². The molecule has 1 aliphatic rings. The first-order chi connectivity index (χ1) is 6.59. The Morgan fingerprint density at radius 1 is 1.71 bits per heavy atom. The molecule has 1 aromatic heterocycles.